The van der Waals surface area contributed by atoms with E-state index in [0.717, 1.165) is 0 Å². The molecule has 0 aliphatic rings. The van der Waals surface area contributed by atoms with Gasteiger partial charge < -0.3 is 15.4 Å². The van der Waals surface area contributed by atoms with Crippen LogP contribution < -0.4 is 15.4 Å². The number of carbonyl (C=O) groups excluding carboxylic acids is 1. The number of amides is 1. The quantitative estimate of drug-likeness (QED) is 0.751. The smallest absolute Gasteiger partial charge is 0.239 e. The Morgan fingerprint density at radius 2 is 1.81 bits per heavy atom. The molecule has 26 heavy (non-hydrogen) atoms. The second-order valence-electron chi connectivity index (χ2n) is 5.87. The zero-order chi connectivity index (χ0) is 19.3. The summed E-state index contributed by atoms with van der Waals surface area (Å²) in [5, 5.41) is 5.67. The first-order valence-electron chi connectivity index (χ1n) is 7.96. The number of nitrogens with one attached hydrogen (secondary N) is 2. The lowest BCUT2D eigenvalue weighted by molar-refractivity contribution is -0.119. The Balaban J connectivity index is 2.36. The van der Waals surface area contributed by atoms with Gasteiger partial charge in [-0.1, -0.05) is 17.7 Å². The molecule has 2 N–H and O–H groups in total. The third-order valence-corrected chi connectivity index (χ3v) is 5.79. The summed E-state index contributed by atoms with van der Waals surface area (Å²) in [7, 11) is -2.38. The Morgan fingerprint density at radius 1 is 1.15 bits per heavy atom. The maximum Gasteiger partial charge on any atom is 0.239 e. The highest BCUT2D eigenvalue weighted by Gasteiger charge is 2.25. The van der Waals surface area contributed by atoms with Crippen LogP contribution in [0.15, 0.2) is 52.3 Å². The largest absolute Gasteiger partial charge is 0.497 e. The van der Waals surface area contributed by atoms with Crippen molar-refractivity contribution in [1.82, 2.24) is 5.32 Å². The molecule has 0 aromatic heterocycles. The van der Waals surface area contributed by atoms with Crippen molar-refractivity contribution >= 4 is 33.0 Å². The second kappa shape index (κ2) is 8.42. The van der Waals surface area contributed by atoms with E-state index in [1.165, 1.54) is 25.3 Å². The summed E-state index contributed by atoms with van der Waals surface area (Å²) >= 11 is 6.18. The summed E-state index contributed by atoms with van der Waals surface area (Å²) in [6.07, 6.45) is 0. The molecule has 0 radical (unpaired) electrons. The minimum Gasteiger partial charge on any atom is -0.497 e. The molecule has 1 amide bonds. The predicted molar refractivity (Wildman–Crippen MR) is 102 cm³/mol. The number of carbonyl (C=O) groups is 1. The molecule has 0 atom stereocenters. The Kier molecular flexibility index (Phi) is 6.50. The van der Waals surface area contributed by atoms with Gasteiger partial charge in [-0.25, -0.2) is 8.42 Å². The Hall–Kier alpha value is -2.25. The first kappa shape index (κ1) is 20.1. The summed E-state index contributed by atoms with van der Waals surface area (Å²) in [5.41, 5.74) is 0.271. The number of methoxy groups -OCH3 is 1. The van der Waals surface area contributed by atoms with E-state index < -0.39 is 9.84 Å². The van der Waals surface area contributed by atoms with Gasteiger partial charge in [-0.3, -0.25) is 4.79 Å². The molecular formula is C18H21ClN2O4S. The molecule has 0 saturated heterocycles. The van der Waals surface area contributed by atoms with E-state index in [4.69, 9.17) is 16.3 Å². The molecule has 0 bridgehead atoms. The van der Waals surface area contributed by atoms with Gasteiger partial charge in [-0.05, 0) is 50.2 Å². The highest BCUT2D eigenvalue weighted by molar-refractivity contribution is 7.91. The van der Waals surface area contributed by atoms with Crippen LogP contribution >= 0.6 is 11.6 Å². The van der Waals surface area contributed by atoms with Gasteiger partial charge in [0.2, 0.25) is 15.7 Å². The van der Waals surface area contributed by atoms with Crippen molar-refractivity contribution in [1.29, 1.82) is 0 Å². The topological polar surface area (TPSA) is 84.5 Å². The molecule has 0 aliphatic carbocycles. The lowest BCUT2D eigenvalue weighted by Crippen LogP contribution is -2.35. The number of rotatable bonds is 7. The Bertz CT molecular complexity index is 881. The van der Waals surface area contributed by atoms with E-state index in [0.29, 0.717) is 5.75 Å². The number of ether oxygens (including phenoxy) is 1. The molecule has 0 spiro atoms. The molecule has 0 heterocycles. The van der Waals surface area contributed by atoms with Crippen LogP contribution in [-0.2, 0) is 14.6 Å². The third-order valence-electron chi connectivity index (χ3n) is 3.49. The standard InChI is InChI=1S/C18H21ClN2O4S/c1-12(2)21-17(22)11-20-16-6-4-5-15(19)18(16)26(23,24)14-9-7-13(25-3)8-10-14/h4-10,12,20H,11H2,1-3H3,(H,21,22). The molecule has 0 aliphatic heterocycles. The zero-order valence-electron chi connectivity index (χ0n) is 14.7. The van der Waals surface area contributed by atoms with Gasteiger partial charge in [0, 0.05) is 6.04 Å². The highest BCUT2D eigenvalue weighted by Crippen LogP contribution is 2.34. The van der Waals surface area contributed by atoms with Crippen molar-refractivity contribution in [3.05, 3.63) is 47.5 Å². The molecular weight excluding hydrogens is 376 g/mol. The van der Waals surface area contributed by atoms with Crippen LogP contribution in [0.1, 0.15) is 13.8 Å². The fourth-order valence-electron chi connectivity index (χ4n) is 2.34. The summed E-state index contributed by atoms with van der Waals surface area (Å²) < 4.78 is 31.1. The first-order chi connectivity index (χ1) is 12.3. The number of hydrogen-bond donors (Lipinski definition) is 2. The van der Waals surface area contributed by atoms with Crippen molar-refractivity contribution in [2.75, 3.05) is 19.0 Å². The van der Waals surface area contributed by atoms with Crippen molar-refractivity contribution in [2.45, 2.75) is 29.7 Å². The van der Waals surface area contributed by atoms with E-state index in [1.54, 1.807) is 24.3 Å². The Morgan fingerprint density at radius 3 is 2.38 bits per heavy atom. The van der Waals surface area contributed by atoms with Crippen LogP contribution in [0.4, 0.5) is 5.69 Å². The molecule has 0 unspecified atom stereocenters. The molecule has 6 nitrogen and oxygen atoms in total. The van der Waals surface area contributed by atoms with Gasteiger partial charge in [0.25, 0.3) is 0 Å². The van der Waals surface area contributed by atoms with E-state index in [1.807, 2.05) is 13.8 Å². The second-order valence-corrected chi connectivity index (χ2v) is 8.16. The van der Waals surface area contributed by atoms with Crippen molar-refractivity contribution < 1.29 is 17.9 Å². The first-order valence-corrected chi connectivity index (χ1v) is 9.82. The normalized spacial score (nSPS) is 11.3. The van der Waals surface area contributed by atoms with Crippen molar-refractivity contribution in [3.8, 4) is 5.75 Å². The monoisotopic (exact) mass is 396 g/mol. The molecule has 2 aromatic carbocycles. The van der Waals surface area contributed by atoms with E-state index in [9.17, 15) is 13.2 Å². The molecule has 140 valence electrons. The molecule has 0 fully saturated rings. The fraction of sp³-hybridized carbons (Fsp3) is 0.278. The van der Waals surface area contributed by atoms with Gasteiger partial charge in [0.05, 0.1) is 29.3 Å². The molecule has 8 heteroatoms. The summed E-state index contributed by atoms with van der Waals surface area (Å²) in [6, 6.07) is 10.7. The van der Waals surface area contributed by atoms with Crippen molar-refractivity contribution in [3.63, 3.8) is 0 Å². The van der Waals surface area contributed by atoms with Crippen molar-refractivity contribution in [2.24, 2.45) is 0 Å². The van der Waals surface area contributed by atoms with E-state index in [-0.39, 0.29) is 39.0 Å². The Labute approximate surface area is 158 Å². The molecule has 2 aromatic rings. The number of anilines is 1. The van der Waals surface area contributed by atoms with E-state index in [2.05, 4.69) is 10.6 Å². The third kappa shape index (κ3) is 4.68. The maximum absolute atomic E-state index is 13.0. The molecule has 2 rings (SSSR count). The van der Waals surface area contributed by atoms with Crippen LogP contribution in [0.25, 0.3) is 0 Å². The van der Waals surface area contributed by atoms with Crippen LogP contribution in [0.5, 0.6) is 5.75 Å². The highest BCUT2D eigenvalue weighted by atomic mass is 35.5. The number of benzene rings is 2. The summed E-state index contributed by atoms with van der Waals surface area (Å²) in [4.78, 5) is 11.9. The molecule has 0 saturated carbocycles. The van der Waals surface area contributed by atoms with Gasteiger partial charge in [-0.15, -0.1) is 0 Å². The van der Waals surface area contributed by atoms with Crippen LogP contribution in [0.3, 0.4) is 0 Å². The predicted octanol–water partition coefficient (Wildman–Crippen LogP) is 3.12. The SMILES string of the molecule is COc1ccc(S(=O)(=O)c2c(Cl)cccc2NCC(=O)NC(C)C)cc1. The fourth-order valence-corrected chi connectivity index (χ4v) is 4.31. The summed E-state index contributed by atoms with van der Waals surface area (Å²) in [5.74, 6) is 0.305. The average Bonchev–Trinajstić information content (AvgIpc) is 2.59. The number of sulfone groups is 1. The van der Waals surface area contributed by atoms with Gasteiger partial charge in [0.15, 0.2) is 0 Å². The van der Waals surface area contributed by atoms with Crippen LogP contribution in [-0.4, -0.2) is 34.0 Å². The number of halogens is 1. The van der Waals surface area contributed by atoms with Crippen LogP contribution in [0.2, 0.25) is 5.02 Å². The van der Waals surface area contributed by atoms with E-state index >= 15 is 0 Å². The average molecular weight is 397 g/mol. The maximum atomic E-state index is 13.0. The summed E-state index contributed by atoms with van der Waals surface area (Å²) in [6.45, 7) is 3.62. The van der Waals surface area contributed by atoms with Gasteiger partial charge in [-0.2, -0.15) is 0 Å². The van der Waals surface area contributed by atoms with Crippen LogP contribution in [0, 0.1) is 0 Å². The lowest BCUT2D eigenvalue weighted by atomic mass is 10.3. The van der Waals surface area contributed by atoms with Gasteiger partial charge >= 0.3 is 0 Å². The number of hydrogen-bond acceptors (Lipinski definition) is 5. The lowest BCUT2D eigenvalue weighted by Gasteiger charge is -2.15. The minimum atomic E-state index is -3.88. The van der Waals surface area contributed by atoms with Gasteiger partial charge in [0.1, 0.15) is 10.6 Å². The minimum absolute atomic E-state index is 0.00818. The zero-order valence-corrected chi connectivity index (χ0v) is 16.3.